The van der Waals surface area contributed by atoms with E-state index in [-0.39, 0.29) is 28.8 Å². The number of benzene rings is 2. The number of anilines is 1. The van der Waals surface area contributed by atoms with Crippen LogP contribution in [0.2, 0.25) is 0 Å². The van der Waals surface area contributed by atoms with E-state index in [1.54, 1.807) is 6.07 Å². The van der Waals surface area contributed by atoms with E-state index in [4.69, 9.17) is 9.47 Å². The molecule has 0 aliphatic heterocycles. The van der Waals surface area contributed by atoms with Crippen molar-refractivity contribution in [2.24, 2.45) is 0 Å². The molecule has 2 aromatic rings. The average Bonchev–Trinajstić information content (AvgIpc) is 2.66. The van der Waals surface area contributed by atoms with Crippen LogP contribution in [-0.4, -0.2) is 31.2 Å². The van der Waals surface area contributed by atoms with E-state index >= 15 is 0 Å². The molecular formula is C22H27NO5. The van der Waals surface area contributed by atoms with Crippen LogP contribution in [0.15, 0.2) is 30.3 Å². The Morgan fingerprint density at radius 1 is 0.893 bits per heavy atom. The molecular weight excluding hydrogens is 358 g/mol. The lowest BCUT2D eigenvalue weighted by atomic mass is 9.91. The topological polar surface area (TPSA) is 84.9 Å². The van der Waals surface area contributed by atoms with Gasteiger partial charge in [0.25, 0.3) is 5.91 Å². The highest BCUT2D eigenvalue weighted by molar-refractivity contribution is 6.09. The number of carboxylic acid groups (broad SMARTS) is 1. The van der Waals surface area contributed by atoms with Crippen molar-refractivity contribution < 1.29 is 24.2 Å². The number of ether oxygens (including phenoxy) is 2. The number of rotatable bonds is 7. The van der Waals surface area contributed by atoms with Crippen molar-refractivity contribution in [2.75, 3.05) is 19.5 Å². The van der Waals surface area contributed by atoms with E-state index in [1.807, 2.05) is 26.0 Å². The molecule has 0 aliphatic carbocycles. The van der Waals surface area contributed by atoms with Crippen molar-refractivity contribution in [3.63, 3.8) is 0 Å². The predicted molar refractivity (Wildman–Crippen MR) is 109 cm³/mol. The van der Waals surface area contributed by atoms with Crippen LogP contribution in [0.3, 0.4) is 0 Å². The van der Waals surface area contributed by atoms with Gasteiger partial charge in [-0.3, -0.25) is 4.79 Å². The lowest BCUT2D eigenvalue weighted by Crippen LogP contribution is -2.17. The monoisotopic (exact) mass is 385 g/mol. The molecule has 6 heteroatoms. The molecule has 0 bridgehead atoms. The van der Waals surface area contributed by atoms with Gasteiger partial charge in [0.1, 0.15) is 0 Å². The lowest BCUT2D eigenvalue weighted by molar-refractivity contribution is 0.0697. The van der Waals surface area contributed by atoms with Crippen LogP contribution in [0, 0.1) is 0 Å². The second kappa shape index (κ2) is 8.78. The van der Waals surface area contributed by atoms with E-state index in [1.165, 1.54) is 26.4 Å². The molecule has 2 rings (SSSR count). The summed E-state index contributed by atoms with van der Waals surface area (Å²) in [6.07, 6.45) is 0. The molecule has 6 nitrogen and oxygen atoms in total. The summed E-state index contributed by atoms with van der Waals surface area (Å²) in [5.74, 6) is -0.434. The van der Waals surface area contributed by atoms with Crippen LogP contribution in [0.4, 0.5) is 5.69 Å². The van der Waals surface area contributed by atoms with Gasteiger partial charge in [-0.1, -0.05) is 39.8 Å². The molecule has 0 aliphatic rings. The van der Waals surface area contributed by atoms with E-state index in [0.717, 1.165) is 11.1 Å². The first-order valence-corrected chi connectivity index (χ1v) is 9.14. The zero-order valence-electron chi connectivity index (χ0n) is 17.1. The summed E-state index contributed by atoms with van der Waals surface area (Å²) in [7, 11) is 2.87. The maximum Gasteiger partial charge on any atom is 0.337 e. The van der Waals surface area contributed by atoms with Gasteiger partial charge in [-0.2, -0.15) is 0 Å². The Kier molecular flexibility index (Phi) is 6.67. The molecule has 0 radical (unpaired) electrons. The number of amides is 1. The van der Waals surface area contributed by atoms with E-state index in [9.17, 15) is 14.7 Å². The van der Waals surface area contributed by atoms with Gasteiger partial charge in [-0.15, -0.1) is 0 Å². The molecule has 1 amide bonds. The molecule has 0 heterocycles. The summed E-state index contributed by atoms with van der Waals surface area (Å²) in [4.78, 5) is 24.6. The minimum Gasteiger partial charge on any atom is -0.493 e. The quantitative estimate of drug-likeness (QED) is 0.708. The van der Waals surface area contributed by atoms with Gasteiger partial charge in [-0.25, -0.2) is 4.79 Å². The lowest BCUT2D eigenvalue weighted by Gasteiger charge is -2.17. The number of methoxy groups -OCH3 is 2. The molecule has 0 fully saturated rings. The fourth-order valence-electron chi connectivity index (χ4n) is 2.97. The number of carbonyl (C=O) groups is 2. The van der Waals surface area contributed by atoms with E-state index in [2.05, 4.69) is 19.2 Å². The highest BCUT2D eigenvalue weighted by Crippen LogP contribution is 2.34. The molecule has 2 aromatic carbocycles. The summed E-state index contributed by atoms with van der Waals surface area (Å²) in [6.45, 7) is 8.24. The van der Waals surface area contributed by atoms with Gasteiger partial charge in [-0.05, 0) is 29.0 Å². The standard InChI is InChI=1S/C22H27NO5/c1-12(2)14-7-8-15(16(9-14)13(3)4)21(24)23-18-11-20(28-6)19(27-5)10-17(18)22(25)26/h7-13H,1-6H3,(H,23,24)(H,25,26). The Labute approximate surface area is 165 Å². The molecule has 0 saturated heterocycles. The van der Waals surface area contributed by atoms with E-state index < -0.39 is 5.97 Å². The van der Waals surface area contributed by atoms with Crippen molar-refractivity contribution in [1.29, 1.82) is 0 Å². The molecule has 0 saturated carbocycles. The van der Waals surface area contributed by atoms with Crippen molar-refractivity contribution >= 4 is 17.6 Å². The van der Waals surface area contributed by atoms with Crippen LogP contribution in [0.1, 0.15) is 71.4 Å². The Balaban J connectivity index is 2.49. The Bertz CT molecular complexity index is 887. The Morgan fingerprint density at radius 2 is 1.50 bits per heavy atom. The largest absolute Gasteiger partial charge is 0.493 e. The molecule has 28 heavy (non-hydrogen) atoms. The predicted octanol–water partition coefficient (Wildman–Crippen LogP) is 4.90. The second-order valence-electron chi connectivity index (χ2n) is 7.17. The number of hydrogen-bond donors (Lipinski definition) is 2. The first kappa shape index (κ1) is 21.3. The number of aromatic carboxylic acids is 1. The third-order valence-corrected chi connectivity index (χ3v) is 4.61. The van der Waals surface area contributed by atoms with Gasteiger partial charge in [0.2, 0.25) is 0 Å². The van der Waals surface area contributed by atoms with Crippen LogP contribution in [0.5, 0.6) is 11.5 Å². The van der Waals surface area contributed by atoms with Crippen molar-refractivity contribution in [3.05, 3.63) is 52.6 Å². The molecule has 150 valence electrons. The minimum atomic E-state index is -1.17. The highest BCUT2D eigenvalue weighted by Gasteiger charge is 2.21. The molecule has 0 aromatic heterocycles. The summed E-state index contributed by atoms with van der Waals surface area (Å²) in [6, 6.07) is 8.55. The van der Waals surface area contributed by atoms with Crippen molar-refractivity contribution in [1.82, 2.24) is 0 Å². The fourth-order valence-corrected chi connectivity index (χ4v) is 2.97. The van der Waals surface area contributed by atoms with Crippen molar-refractivity contribution in [3.8, 4) is 11.5 Å². The first-order chi connectivity index (χ1) is 13.2. The fraction of sp³-hybridized carbons (Fsp3) is 0.364. The van der Waals surface area contributed by atoms with Gasteiger partial charge in [0.05, 0.1) is 25.5 Å². The maximum absolute atomic E-state index is 13.0. The van der Waals surface area contributed by atoms with Gasteiger partial charge >= 0.3 is 5.97 Å². The first-order valence-electron chi connectivity index (χ1n) is 9.14. The zero-order valence-corrected chi connectivity index (χ0v) is 17.1. The van der Waals surface area contributed by atoms with Crippen LogP contribution in [-0.2, 0) is 0 Å². The van der Waals surface area contributed by atoms with Crippen LogP contribution >= 0.6 is 0 Å². The second-order valence-corrected chi connectivity index (χ2v) is 7.17. The highest BCUT2D eigenvalue weighted by atomic mass is 16.5. The third kappa shape index (κ3) is 4.44. The number of carboxylic acids is 1. The molecule has 0 atom stereocenters. The van der Waals surface area contributed by atoms with Gasteiger partial charge < -0.3 is 19.9 Å². The normalized spacial score (nSPS) is 10.9. The molecule has 0 unspecified atom stereocenters. The van der Waals surface area contributed by atoms with Crippen LogP contribution in [0.25, 0.3) is 0 Å². The molecule has 2 N–H and O–H groups in total. The minimum absolute atomic E-state index is 0.0732. The third-order valence-electron chi connectivity index (χ3n) is 4.61. The summed E-state index contributed by atoms with van der Waals surface area (Å²) >= 11 is 0. The SMILES string of the molecule is COc1cc(NC(=O)c2ccc(C(C)C)cc2C(C)C)c(C(=O)O)cc1OC. The number of nitrogens with one attached hydrogen (secondary N) is 1. The summed E-state index contributed by atoms with van der Waals surface area (Å²) < 4.78 is 10.4. The average molecular weight is 385 g/mol. The van der Waals surface area contributed by atoms with E-state index in [0.29, 0.717) is 17.2 Å². The summed E-state index contributed by atoms with van der Waals surface area (Å²) in [5.41, 5.74) is 2.66. The zero-order chi connectivity index (χ0) is 21.0. The maximum atomic E-state index is 13.0. The van der Waals surface area contributed by atoms with Crippen molar-refractivity contribution in [2.45, 2.75) is 39.5 Å². The van der Waals surface area contributed by atoms with Gasteiger partial charge in [0.15, 0.2) is 11.5 Å². The number of carbonyl (C=O) groups excluding carboxylic acids is 1. The smallest absolute Gasteiger partial charge is 0.337 e. The molecule has 0 spiro atoms. The van der Waals surface area contributed by atoms with Gasteiger partial charge in [0, 0.05) is 17.7 Å². The Morgan fingerprint density at radius 3 is 2.00 bits per heavy atom. The summed E-state index contributed by atoms with van der Waals surface area (Å²) in [5, 5.41) is 12.2. The van der Waals surface area contributed by atoms with Crippen LogP contribution < -0.4 is 14.8 Å². The Hall–Kier alpha value is -3.02. The number of hydrogen-bond acceptors (Lipinski definition) is 4.